The zero-order chi connectivity index (χ0) is 18.1. The number of carbonyl (C=O) groups excluding carboxylic acids is 1. The average molecular weight is 350 g/mol. The third-order valence-corrected chi connectivity index (χ3v) is 4.43. The molecule has 7 nitrogen and oxygen atoms in total. The number of rotatable bonds is 3. The van der Waals surface area contributed by atoms with Gasteiger partial charge in [0.1, 0.15) is 5.82 Å². The van der Waals surface area contributed by atoms with Crippen LogP contribution in [-0.2, 0) is 0 Å². The highest BCUT2D eigenvalue weighted by molar-refractivity contribution is 5.95. The van der Waals surface area contributed by atoms with Gasteiger partial charge < -0.3 is 10.2 Å². The second-order valence-electron chi connectivity index (χ2n) is 6.15. The average Bonchev–Trinajstić information content (AvgIpc) is 3.29. The number of halogens is 1. The minimum absolute atomic E-state index is 0.0189. The Labute approximate surface area is 148 Å². The number of nitrogens with zero attached hydrogens (tertiary/aromatic N) is 5. The van der Waals surface area contributed by atoms with Gasteiger partial charge in [0.25, 0.3) is 5.91 Å². The molecule has 0 aliphatic carbocycles. The molecule has 0 unspecified atom stereocenters. The highest BCUT2D eigenvalue weighted by Crippen LogP contribution is 2.21. The number of fused-ring (bicyclic) bond motifs is 1. The van der Waals surface area contributed by atoms with Gasteiger partial charge in [0.2, 0.25) is 0 Å². The summed E-state index contributed by atoms with van der Waals surface area (Å²) in [4.78, 5) is 18.3. The molecule has 0 bridgehead atoms. The molecule has 1 atom stereocenters. The number of hydrogen-bond donors (Lipinski definition) is 1. The summed E-state index contributed by atoms with van der Waals surface area (Å²) < 4.78 is 16.1. The zero-order valence-electron chi connectivity index (χ0n) is 13.8. The van der Waals surface area contributed by atoms with Crippen molar-refractivity contribution < 1.29 is 9.18 Å². The molecule has 1 aliphatic rings. The normalized spacial score (nSPS) is 16.6. The molecule has 3 heterocycles. The summed E-state index contributed by atoms with van der Waals surface area (Å²) in [5.74, 6) is -1.08. The third kappa shape index (κ3) is 2.95. The quantitative estimate of drug-likeness (QED) is 0.728. The Morgan fingerprint density at radius 1 is 1.35 bits per heavy atom. The molecule has 0 radical (unpaired) electrons. The maximum Gasteiger partial charge on any atom is 0.254 e. The van der Waals surface area contributed by atoms with Gasteiger partial charge in [-0.1, -0.05) is 6.07 Å². The molecule has 1 aromatic carbocycles. The fourth-order valence-electron chi connectivity index (χ4n) is 3.06. The molecular formula is C18H15FN6O. The van der Waals surface area contributed by atoms with Crippen molar-refractivity contribution in [3.05, 3.63) is 54.1 Å². The van der Waals surface area contributed by atoms with Gasteiger partial charge in [0, 0.05) is 37.0 Å². The molecule has 1 fully saturated rings. The molecule has 0 saturated carbocycles. The largest absolute Gasteiger partial charge is 0.347 e. The monoisotopic (exact) mass is 350 g/mol. The lowest BCUT2D eigenvalue weighted by molar-refractivity contribution is 0.0935. The van der Waals surface area contributed by atoms with E-state index in [0.29, 0.717) is 36.4 Å². The highest BCUT2D eigenvalue weighted by atomic mass is 19.1. The number of nitrogens with one attached hydrogen (secondary N) is 1. The van der Waals surface area contributed by atoms with Crippen LogP contribution in [-0.4, -0.2) is 44.5 Å². The Kier molecular flexibility index (Phi) is 3.97. The van der Waals surface area contributed by atoms with Gasteiger partial charge in [-0.15, -0.1) is 0 Å². The minimum Gasteiger partial charge on any atom is -0.347 e. The molecule has 1 aliphatic heterocycles. The van der Waals surface area contributed by atoms with E-state index in [1.165, 1.54) is 12.1 Å². The van der Waals surface area contributed by atoms with E-state index in [1.54, 1.807) is 40.0 Å². The van der Waals surface area contributed by atoms with E-state index in [9.17, 15) is 9.18 Å². The lowest BCUT2D eigenvalue weighted by atomic mass is 10.1. The molecule has 1 saturated heterocycles. The smallest absolute Gasteiger partial charge is 0.254 e. The molecule has 2 aromatic heterocycles. The lowest BCUT2D eigenvalue weighted by Gasteiger charge is -2.13. The van der Waals surface area contributed by atoms with Gasteiger partial charge in [0.15, 0.2) is 11.8 Å². The fourth-order valence-corrected chi connectivity index (χ4v) is 3.06. The SMILES string of the molecule is N#CN1CC[C@@H](NC(=O)c2ccc(-c3ccn4nccc4n3)cc2F)C1. The number of amides is 1. The van der Waals surface area contributed by atoms with Crippen molar-refractivity contribution in [2.45, 2.75) is 12.5 Å². The van der Waals surface area contributed by atoms with Crippen molar-refractivity contribution in [3.8, 4) is 17.5 Å². The van der Waals surface area contributed by atoms with Crippen molar-refractivity contribution in [1.29, 1.82) is 5.26 Å². The van der Waals surface area contributed by atoms with Crippen molar-refractivity contribution >= 4 is 11.6 Å². The summed E-state index contributed by atoms with van der Waals surface area (Å²) in [6.45, 7) is 1.06. The van der Waals surface area contributed by atoms with Crippen molar-refractivity contribution in [2.75, 3.05) is 13.1 Å². The molecular weight excluding hydrogens is 335 g/mol. The second-order valence-corrected chi connectivity index (χ2v) is 6.15. The predicted molar refractivity (Wildman–Crippen MR) is 91.4 cm³/mol. The summed E-state index contributed by atoms with van der Waals surface area (Å²) in [6.07, 6.45) is 6.11. The third-order valence-electron chi connectivity index (χ3n) is 4.43. The topological polar surface area (TPSA) is 86.3 Å². The van der Waals surface area contributed by atoms with Crippen LogP contribution in [0.2, 0.25) is 0 Å². The molecule has 1 N–H and O–H groups in total. The Balaban J connectivity index is 1.54. The molecule has 3 aromatic rings. The molecule has 130 valence electrons. The zero-order valence-corrected chi connectivity index (χ0v) is 13.8. The van der Waals surface area contributed by atoms with Gasteiger partial charge in [-0.25, -0.2) is 13.9 Å². The molecule has 26 heavy (non-hydrogen) atoms. The van der Waals surface area contributed by atoms with Crippen LogP contribution in [0.15, 0.2) is 42.7 Å². The summed E-state index contributed by atoms with van der Waals surface area (Å²) >= 11 is 0. The molecule has 0 spiro atoms. The maximum absolute atomic E-state index is 14.5. The standard InChI is InChI=1S/C18H15FN6O/c19-15-9-12(16-5-8-25-17(23-16)3-6-21-25)1-2-14(15)18(26)22-13-4-7-24(10-13)11-20/h1-3,5-6,8-9,13H,4,7,10H2,(H,22,26)/t13-/m1/s1. The summed E-state index contributed by atoms with van der Waals surface area (Å²) in [6, 6.07) is 7.78. The van der Waals surface area contributed by atoms with Crippen LogP contribution in [0.5, 0.6) is 0 Å². The van der Waals surface area contributed by atoms with Gasteiger partial charge in [-0.3, -0.25) is 4.79 Å². The van der Waals surface area contributed by atoms with Crippen molar-refractivity contribution in [1.82, 2.24) is 24.8 Å². The van der Waals surface area contributed by atoms with E-state index in [4.69, 9.17) is 5.26 Å². The first kappa shape index (κ1) is 16.0. The van der Waals surface area contributed by atoms with Gasteiger partial charge >= 0.3 is 0 Å². The highest BCUT2D eigenvalue weighted by Gasteiger charge is 2.24. The van der Waals surface area contributed by atoms with Gasteiger partial charge in [0.05, 0.1) is 17.5 Å². The molecule has 1 amide bonds. The van der Waals surface area contributed by atoms with Crippen LogP contribution in [0.25, 0.3) is 16.9 Å². The first-order valence-electron chi connectivity index (χ1n) is 8.20. The van der Waals surface area contributed by atoms with E-state index in [2.05, 4.69) is 15.4 Å². The molecule has 8 heteroatoms. The van der Waals surface area contributed by atoms with Crippen LogP contribution in [0.4, 0.5) is 4.39 Å². The molecule has 4 rings (SSSR count). The Morgan fingerprint density at radius 3 is 3.00 bits per heavy atom. The van der Waals surface area contributed by atoms with Crippen LogP contribution >= 0.6 is 0 Å². The van der Waals surface area contributed by atoms with Crippen molar-refractivity contribution in [3.63, 3.8) is 0 Å². The van der Waals surface area contributed by atoms with Crippen LogP contribution in [0.1, 0.15) is 16.8 Å². The summed E-state index contributed by atoms with van der Waals surface area (Å²) in [5, 5.41) is 15.7. The Bertz CT molecular complexity index is 1020. The Morgan fingerprint density at radius 2 is 2.23 bits per heavy atom. The number of hydrogen-bond acceptors (Lipinski definition) is 5. The minimum atomic E-state index is -0.606. The summed E-state index contributed by atoms with van der Waals surface area (Å²) in [7, 11) is 0. The van der Waals surface area contributed by atoms with E-state index in [0.717, 1.165) is 0 Å². The van der Waals surface area contributed by atoms with Crippen LogP contribution in [0.3, 0.4) is 0 Å². The first-order valence-corrected chi connectivity index (χ1v) is 8.20. The van der Waals surface area contributed by atoms with Crippen molar-refractivity contribution in [2.24, 2.45) is 0 Å². The van der Waals surface area contributed by atoms with E-state index >= 15 is 0 Å². The summed E-state index contributed by atoms with van der Waals surface area (Å²) in [5.41, 5.74) is 1.83. The van der Waals surface area contributed by atoms with Crippen LogP contribution in [0, 0.1) is 17.3 Å². The second kappa shape index (κ2) is 6.44. The lowest BCUT2D eigenvalue weighted by Crippen LogP contribution is -2.36. The van der Waals surface area contributed by atoms with Gasteiger partial charge in [-0.05, 0) is 24.6 Å². The number of aromatic nitrogens is 3. The predicted octanol–water partition coefficient (Wildman–Crippen LogP) is 1.82. The fraction of sp³-hybridized carbons (Fsp3) is 0.222. The number of likely N-dealkylation sites (tertiary alicyclic amines) is 1. The van der Waals surface area contributed by atoms with Gasteiger partial charge in [-0.2, -0.15) is 10.4 Å². The van der Waals surface area contributed by atoms with E-state index in [1.807, 2.05) is 6.19 Å². The van der Waals surface area contributed by atoms with Crippen LogP contribution < -0.4 is 5.32 Å². The van der Waals surface area contributed by atoms with E-state index in [-0.39, 0.29) is 11.6 Å². The number of carbonyl (C=O) groups is 1. The Hall–Kier alpha value is -3.47. The number of benzene rings is 1. The first-order chi connectivity index (χ1) is 12.6. The maximum atomic E-state index is 14.5. The number of nitriles is 1. The van der Waals surface area contributed by atoms with E-state index < -0.39 is 11.7 Å².